The molecule has 176 valence electrons. The van der Waals surface area contributed by atoms with E-state index in [4.69, 9.17) is 11.2 Å². The van der Waals surface area contributed by atoms with Gasteiger partial charge in [0.05, 0.1) is 5.69 Å². The van der Waals surface area contributed by atoms with Gasteiger partial charge in [-0.05, 0) is 34.4 Å². The molecule has 3 N–H and O–H groups in total. The summed E-state index contributed by atoms with van der Waals surface area (Å²) in [7, 11) is 0. The number of fused-ring (bicyclic) bond motifs is 3. The van der Waals surface area contributed by atoms with Crippen LogP contribution in [0.25, 0.3) is 11.1 Å². The Labute approximate surface area is 200 Å². The maximum Gasteiger partial charge on any atom is 0.407 e. The number of ether oxygens (including phenoxy) is 1. The lowest BCUT2D eigenvalue weighted by molar-refractivity contribution is -0.118. The third-order valence-corrected chi connectivity index (χ3v) is 5.76. The Hall–Kier alpha value is -4.64. The van der Waals surface area contributed by atoms with Gasteiger partial charge >= 0.3 is 12.1 Å². The molecule has 1 atom stereocenters. The molecule has 0 bridgehead atoms. The highest BCUT2D eigenvalue weighted by Crippen LogP contribution is 2.44. The fourth-order valence-electron chi connectivity index (χ4n) is 4.17. The van der Waals surface area contributed by atoms with Crippen LogP contribution < -0.4 is 10.6 Å². The van der Waals surface area contributed by atoms with E-state index in [1.54, 1.807) is 0 Å². The van der Waals surface area contributed by atoms with Crippen LogP contribution >= 0.6 is 0 Å². The zero-order chi connectivity index (χ0) is 24.9. The summed E-state index contributed by atoms with van der Waals surface area (Å²) in [6.45, 7) is 0.0390. The molecule has 35 heavy (non-hydrogen) atoms. The second-order valence-corrected chi connectivity index (χ2v) is 7.89. The minimum atomic E-state index is -1.55. The summed E-state index contributed by atoms with van der Waals surface area (Å²) >= 11 is 0. The van der Waals surface area contributed by atoms with Gasteiger partial charge in [0, 0.05) is 12.3 Å². The third kappa shape index (κ3) is 4.84. The lowest BCUT2D eigenvalue weighted by atomic mass is 9.98. The number of hydrogen-bond acceptors (Lipinski definition) is 4. The fourth-order valence-corrected chi connectivity index (χ4v) is 4.17. The molecule has 0 heterocycles. The number of rotatable bonds is 7. The van der Waals surface area contributed by atoms with Crippen LogP contribution in [-0.4, -0.2) is 35.7 Å². The van der Waals surface area contributed by atoms with Gasteiger partial charge in [-0.25, -0.2) is 14.0 Å². The molecule has 2 amide bonds. The molecule has 7 nitrogen and oxygen atoms in total. The van der Waals surface area contributed by atoms with Crippen LogP contribution in [0.15, 0.2) is 66.7 Å². The molecule has 1 aliphatic carbocycles. The molecule has 8 heteroatoms. The van der Waals surface area contributed by atoms with Crippen LogP contribution in [0, 0.1) is 18.2 Å². The number of alkyl carbamates (subject to hydrolysis) is 1. The van der Waals surface area contributed by atoms with Crippen molar-refractivity contribution >= 4 is 23.7 Å². The van der Waals surface area contributed by atoms with E-state index in [9.17, 15) is 23.9 Å². The van der Waals surface area contributed by atoms with Gasteiger partial charge in [-0.1, -0.05) is 54.6 Å². The number of aromatic carboxylic acids is 1. The van der Waals surface area contributed by atoms with E-state index in [-0.39, 0.29) is 24.6 Å². The first-order chi connectivity index (χ1) is 16.9. The number of carbonyl (C=O) groups is 3. The summed E-state index contributed by atoms with van der Waals surface area (Å²) in [6, 6.07) is 18.0. The largest absolute Gasteiger partial charge is 0.478 e. The van der Waals surface area contributed by atoms with Crippen molar-refractivity contribution in [1.82, 2.24) is 5.32 Å². The van der Waals surface area contributed by atoms with Crippen LogP contribution in [0.1, 0.15) is 33.8 Å². The zero-order valence-electron chi connectivity index (χ0n) is 18.5. The number of halogens is 1. The minimum absolute atomic E-state index is 0.0390. The Morgan fingerprint density at radius 1 is 1.00 bits per heavy atom. The maximum atomic E-state index is 13.9. The highest BCUT2D eigenvalue weighted by Gasteiger charge is 2.30. The van der Waals surface area contributed by atoms with E-state index < -0.39 is 35.4 Å². The molecule has 0 aliphatic heterocycles. The van der Waals surface area contributed by atoms with Gasteiger partial charge in [0.25, 0.3) is 0 Å². The van der Waals surface area contributed by atoms with Crippen LogP contribution in [-0.2, 0) is 9.53 Å². The Balaban J connectivity index is 1.44. The molecule has 0 radical (unpaired) electrons. The Bertz CT molecular complexity index is 1300. The van der Waals surface area contributed by atoms with E-state index >= 15 is 0 Å². The highest BCUT2D eigenvalue weighted by molar-refractivity contribution is 6.03. The van der Waals surface area contributed by atoms with Crippen molar-refractivity contribution in [3.05, 3.63) is 89.2 Å². The minimum Gasteiger partial charge on any atom is -0.478 e. The molecule has 0 spiro atoms. The first-order valence-electron chi connectivity index (χ1n) is 10.8. The molecular formula is C27H21FN2O5. The van der Waals surface area contributed by atoms with Crippen molar-refractivity contribution in [2.45, 2.75) is 18.4 Å². The van der Waals surface area contributed by atoms with Gasteiger partial charge < -0.3 is 20.5 Å². The van der Waals surface area contributed by atoms with Crippen molar-refractivity contribution in [2.24, 2.45) is 0 Å². The van der Waals surface area contributed by atoms with E-state index in [0.29, 0.717) is 0 Å². The van der Waals surface area contributed by atoms with Crippen molar-refractivity contribution in [2.75, 3.05) is 11.9 Å². The summed E-state index contributed by atoms with van der Waals surface area (Å²) in [5.41, 5.74) is 3.27. The predicted octanol–water partition coefficient (Wildman–Crippen LogP) is 4.39. The molecular weight excluding hydrogens is 451 g/mol. The molecule has 0 fully saturated rings. The average Bonchev–Trinajstić information content (AvgIpc) is 3.16. The molecule has 1 unspecified atom stereocenters. The SMILES string of the molecule is C#CCC(NC(=O)OCC1c2ccccc2-c2ccccc21)C(=O)Nc1cccc(F)c1C(=O)O. The van der Waals surface area contributed by atoms with Crippen LogP contribution in [0.5, 0.6) is 0 Å². The number of anilines is 1. The molecule has 3 aromatic carbocycles. The smallest absolute Gasteiger partial charge is 0.407 e. The monoisotopic (exact) mass is 472 g/mol. The fraction of sp³-hybridized carbons (Fsp3) is 0.148. The van der Waals surface area contributed by atoms with Gasteiger partial charge in [-0.15, -0.1) is 12.3 Å². The summed E-state index contributed by atoms with van der Waals surface area (Å²) in [5, 5.41) is 14.0. The summed E-state index contributed by atoms with van der Waals surface area (Å²) in [4.78, 5) is 36.6. The molecule has 0 saturated heterocycles. The second kappa shape index (κ2) is 10.1. The number of carbonyl (C=O) groups excluding carboxylic acids is 2. The normalized spacial score (nSPS) is 12.6. The Morgan fingerprint density at radius 3 is 2.23 bits per heavy atom. The summed E-state index contributed by atoms with van der Waals surface area (Å²) < 4.78 is 19.4. The van der Waals surface area contributed by atoms with Crippen molar-refractivity contribution in [1.29, 1.82) is 0 Å². The third-order valence-electron chi connectivity index (χ3n) is 5.76. The molecule has 0 aromatic heterocycles. The topological polar surface area (TPSA) is 105 Å². The average molecular weight is 472 g/mol. The number of hydrogen-bond donors (Lipinski definition) is 3. The highest BCUT2D eigenvalue weighted by atomic mass is 19.1. The van der Waals surface area contributed by atoms with Crippen molar-refractivity contribution in [3.8, 4) is 23.5 Å². The molecule has 4 rings (SSSR count). The van der Waals surface area contributed by atoms with Crippen molar-refractivity contribution in [3.63, 3.8) is 0 Å². The Kier molecular flexibility index (Phi) is 6.78. The quantitative estimate of drug-likeness (QED) is 0.443. The van der Waals surface area contributed by atoms with E-state index in [1.165, 1.54) is 12.1 Å². The van der Waals surface area contributed by atoms with Crippen LogP contribution in [0.3, 0.4) is 0 Å². The summed E-state index contributed by atoms with van der Waals surface area (Å²) in [6.07, 6.45) is 4.29. The number of amides is 2. The number of benzene rings is 3. The van der Waals surface area contributed by atoms with E-state index in [2.05, 4.69) is 16.6 Å². The molecule has 1 aliphatic rings. The first kappa shape index (κ1) is 23.5. The van der Waals surface area contributed by atoms with E-state index in [1.807, 2.05) is 48.5 Å². The van der Waals surface area contributed by atoms with Crippen molar-refractivity contribution < 1.29 is 28.6 Å². The number of nitrogens with one attached hydrogen (secondary N) is 2. The molecule has 0 saturated carbocycles. The Morgan fingerprint density at radius 2 is 1.63 bits per heavy atom. The van der Waals surface area contributed by atoms with E-state index in [0.717, 1.165) is 28.3 Å². The summed E-state index contributed by atoms with van der Waals surface area (Å²) in [5.74, 6) is -1.23. The number of carboxylic acid groups (broad SMARTS) is 1. The number of terminal acetylenes is 1. The van der Waals surface area contributed by atoms with Gasteiger partial charge in [-0.3, -0.25) is 4.79 Å². The lowest BCUT2D eigenvalue weighted by Gasteiger charge is -2.19. The van der Waals surface area contributed by atoms with Gasteiger partial charge in [0.1, 0.15) is 24.0 Å². The predicted molar refractivity (Wildman–Crippen MR) is 127 cm³/mol. The second-order valence-electron chi connectivity index (χ2n) is 7.89. The lowest BCUT2D eigenvalue weighted by Crippen LogP contribution is -2.44. The van der Waals surface area contributed by atoms with Crippen LogP contribution in [0.4, 0.5) is 14.9 Å². The zero-order valence-corrected chi connectivity index (χ0v) is 18.5. The van der Waals surface area contributed by atoms with Crippen LogP contribution in [0.2, 0.25) is 0 Å². The number of carboxylic acids is 1. The van der Waals surface area contributed by atoms with Gasteiger partial charge in [0.15, 0.2) is 0 Å². The molecule has 3 aromatic rings. The van der Waals surface area contributed by atoms with Gasteiger partial charge in [0.2, 0.25) is 5.91 Å². The standard InChI is InChI=1S/C27H21FN2O5/c1-2-8-23(25(31)29-22-14-7-13-21(28)24(22)26(32)33)30-27(34)35-15-20-18-11-5-3-9-16(18)17-10-4-6-12-19(17)20/h1,3-7,9-14,20,23H,8,15H2,(H,29,31)(H,30,34)(H,32,33). The van der Waals surface area contributed by atoms with Gasteiger partial charge in [-0.2, -0.15) is 0 Å². The maximum absolute atomic E-state index is 13.9. The first-order valence-corrected chi connectivity index (χ1v) is 10.8.